The van der Waals surface area contributed by atoms with Crippen LogP contribution in [-0.2, 0) is 13.2 Å². The quantitative estimate of drug-likeness (QED) is 0.910. The number of aliphatic hydroxyl groups is 1. The minimum atomic E-state index is -2.83. The number of alkyl halides is 2. The topological polar surface area (TPSA) is 50.9 Å². The molecule has 7 heteroatoms. The van der Waals surface area contributed by atoms with Crippen LogP contribution >= 0.6 is 0 Å². The zero-order valence-corrected chi connectivity index (χ0v) is 9.22. The number of aromatic nitrogens is 3. The van der Waals surface area contributed by atoms with E-state index in [0.29, 0.717) is 0 Å². The summed E-state index contributed by atoms with van der Waals surface area (Å²) >= 11 is 0. The van der Waals surface area contributed by atoms with Gasteiger partial charge >= 0.3 is 0 Å². The van der Waals surface area contributed by atoms with E-state index < -0.39 is 24.5 Å². The maximum atomic E-state index is 13.4. The van der Waals surface area contributed by atoms with E-state index in [0.717, 1.165) is 4.68 Å². The van der Waals surface area contributed by atoms with Crippen molar-refractivity contribution in [3.8, 4) is 0 Å². The molecule has 0 saturated heterocycles. The van der Waals surface area contributed by atoms with Crippen molar-refractivity contribution in [2.45, 2.75) is 19.6 Å². The first-order valence-corrected chi connectivity index (χ1v) is 5.18. The first kappa shape index (κ1) is 12.6. The van der Waals surface area contributed by atoms with Gasteiger partial charge in [0.15, 0.2) is 0 Å². The number of nitrogens with zero attached hydrogens (tertiary/aromatic N) is 3. The Hall–Kier alpha value is -1.89. The van der Waals surface area contributed by atoms with E-state index in [-0.39, 0.29) is 17.8 Å². The van der Waals surface area contributed by atoms with E-state index in [1.54, 1.807) is 6.07 Å². The highest BCUT2D eigenvalue weighted by Gasteiger charge is 2.21. The van der Waals surface area contributed by atoms with E-state index in [9.17, 15) is 13.2 Å². The Balaban J connectivity index is 2.35. The second-order valence-electron chi connectivity index (χ2n) is 3.63. The Kier molecular flexibility index (Phi) is 3.61. The Morgan fingerprint density at radius 3 is 2.61 bits per heavy atom. The highest BCUT2D eigenvalue weighted by atomic mass is 19.3. The second-order valence-corrected chi connectivity index (χ2v) is 3.63. The molecule has 0 amide bonds. The van der Waals surface area contributed by atoms with Gasteiger partial charge < -0.3 is 5.11 Å². The number of rotatable bonds is 4. The summed E-state index contributed by atoms with van der Waals surface area (Å²) in [4.78, 5) is 0. The fourth-order valence-electron chi connectivity index (χ4n) is 1.61. The summed E-state index contributed by atoms with van der Waals surface area (Å²) in [6.07, 6.45) is -2.83. The van der Waals surface area contributed by atoms with Gasteiger partial charge in [0, 0.05) is 5.56 Å². The van der Waals surface area contributed by atoms with Gasteiger partial charge in [-0.2, -0.15) is 0 Å². The van der Waals surface area contributed by atoms with Crippen LogP contribution in [0.5, 0.6) is 0 Å². The van der Waals surface area contributed by atoms with Crippen LogP contribution in [0.1, 0.15) is 23.4 Å². The number of benzene rings is 1. The van der Waals surface area contributed by atoms with Crippen LogP contribution < -0.4 is 0 Å². The molecule has 1 heterocycles. The van der Waals surface area contributed by atoms with Crippen molar-refractivity contribution in [2.24, 2.45) is 0 Å². The molecule has 1 N–H and O–H groups in total. The Morgan fingerprint density at radius 2 is 2.00 bits per heavy atom. The largest absolute Gasteiger partial charge is 0.390 e. The van der Waals surface area contributed by atoms with Crippen molar-refractivity contribution in [2.75, 3.05) is 0 Å². The molecule has 18 heavy (non-hydrogen) atoms. The maximum Gasteiger partial charge on any atom is 0.282 e. The predicted molar refractivity (Wildman–Crippen MR) is 56.4 cm³/mol. The highest BCUT2D eigenvalue weighted by Crippen LogP contribution is 2.22. The van der Waals surface area contributed by atoms with E-state index >= 15 is 0 Å². The van der Waals surface area contributed by atoms with Gasteiger partial charge in [-0.25, -0.2) is 17.9 Å². The molecule has 1 aromatic heterocycles. The molecule has 0 aliphatic heterocycles. The van der Waals surface area contributed by atoms with E-state index in [1.165, 1.54) is 18.2 Å². The van der Waals surface area contributed by atoms with Crippen molar-refractivity contribution in [3.63, 3.8) is 0 Å². The van der Waals surface area contributed by atoms with Crippen LogP contribution in [-0.4, -0.2) is 20.1 Å². The first-order chi connectivity index (χ1) is 8.63. The smallest absolute Gasteiger partial charge is 0.282 e. The minimum Gasteiger partial charge on any atom is -0.390 e. The van der Waals surface area contributed by atoms with E-state index in [2.05, 4.69) is 10.3 Å². The maximum absolute atomic E-state index is 13.4. The van der Waals surface area contributed by atoms with Crippen LogP contribution in [0.15, 0.2) is 24.3 Å². The van der Waals surface area contributed by atoms with Crippen molar-refractivity contribution in [1.82, 2.24) is 15.0 Å². The van der Waals surface area contributed by atoms with E-state index in [1.807, 2.05) is 0 Å². The molecule has 0 saturated carbocycles. The molecule has 0 unspecified atom stereocenters. The average molecular weight is 257 g/mol. The Bertz CT molecular complexity index is 542. The van der Waals surface area contributed by atoms with Crippen molar-refractivity contribution < 1.29 is 18.3 Å². The Labute approximate surface area is 101 Å². The normalized spacial score (nSPS) is 11.2. The first-order valence-electron chi connectivity index (χ1n) is 5.18. The fraction of sp³-hybridized carbons (Fsp3) is 0.273. The van der Waals surface area contributed by atoms with Crippen LogP contribution in [0, 0.1) is 5.82 Å². The van der Waals surface area contributed by atoms with E-state index in [4.69, 9.17) is 5.11 Å². The van der Waals surface area contributed by atoms with Gasteiger partial charge in [-0.1, -0.05) is 23.4 Å². The van der Waals surface area contributed by atoms with Crippen LogP contribution in [0.3, 0.4) is 0 Å². The molecule has 0 aliphatic carbocycles. The third-order valence-corrected chi connectivity index (χ3v) is 2.48. The average Bonchev–Trinajstić information content (AvgIpc) is 2.75. The molecule has 0 spiro atoms. The number of halogens is 3. The lowest BCUT2D eigenvalue weighted by molar-refractivity contribution is 0.135. The summed E-state index contributed by atoms with van der Waals surface area (Å²) in [5, 5.41) is 15.8. The summed E-state index contributed by atoms with van der Waals surface area (Å²) in [5.74, 6) is -0.501. The lowest BCUT2D eigenvalue weighted by Gasteiger charge is -2.07. The molecule has 96 valence electrons. The molecule has 1 aromatic carbocycles. The van der Waals surface area contributed by atoms with Gasteiger partial charge in [-0.15, -0.1) is 5.10 Å². The number of hydrogen-bond acceptors (Lipinski definition) is 3. The summed E-state index contributed by atoms with van der Waals surface area (Å²) in [7, 11) is 0. The van der Waals surface area contributed by atoms with Gasteiger partial charge in [-0.3, -0.25) is 0 Å². The predicted octanol–water partition coefficient (Wildman–Crippen LogP) is 1.90. The van der Waals surface area contributed by atoms with Crippen molar-refractivity contribution in [3.05, 3.63) is 47.0 Å². The fourth-order valence-corrected chi connectivity index (χ4v) is 1.61. The monoisotopic (exact) mass is 257 g/mol. The van der Waals surface area contributed by atoms with Crippen molar-refractivity contribution >= 4 is 0 Å². The summed E-state index contributed by atoms with van der Waals surface area (Å²) < 4.78 is 39.9. The standard InChI is InChI=1S/C11H10F3N3O/c12-8-4-2-1-3-7(8)5-17-10(11(13)14)9(6-18)15-16-17/h1-4,11,18H,5-6H2. The van der Waals surface area contributed by atoms with Crippen LogP contribution in [0.2, 0.25) is 0 Å². The minimum absolute atomic E-state index is 0.153. The Morgan fingerprint density at radius 1 is 1.28 bits per heavy atom. The molecule has 4 nitrogen and oxygen atoms in total. The van der Waals surface area contributed by atoms with Crippen LogP contribution in [0.25, 0.3) is 0 Å². The zero-order chi connectivity index (χ0) is 13.1. The molecule has 0 radical (unpaired) electrons. The molecular weight excluding hydrogens is 247 g/mol. The van der Waals surface area contributed by atoms with Gasteiger partial charge in [0.25, 0.3) is 6.43 Å². The SMILES string of the molecule is OCc1nnn(Cc2ccccc2F)c1C(F)F. The second kappa shape index (κ2) is 5.18. The van der Waals surface area contributed by atoms with Crippen molar-refractivity contribution in [1.29, 1.82) is 0 Å². The molecule has 2 aromatic rings. The van der Waals surface area contributed by atoms with Crippen LogP contribution in [0.4, 0.5) is 13.2 Å². The molecule has 0 aliphatic rings. The number of hydrogen-bond donors (Lipinski definition) is 1. The third kappa shape index (κ3) is 2.35. The van der Waals surface area contributed by atoms with Gasteiger partial charge in [0.1, 0.15) is 17.2 Å². The lowest BCUT2D eigenvalue weighted by Crippen LogP contribution is -2.09. The van der Waals surface area contributed by atoms with Gasteiger partial charge in [0.2, 0.25) is 0 Å². The highest BCUT2D eigenvalue weighted by molar-refractivity contribution is 5.19. The lowest BCUT2D eigenvalue weighted by atomic mass is 10.2. The summed E-state index contributed by atoms with van der Waals surface area (Å²) in [5.41, 5.74) is -0.448. The molecular formula is C11H10F3N3O. The summed E-state index contributed by atoms with van der Waals surface area (Å²) in [6, 6.07) is 5.82. The van der Waals surface area contributed by atoms with Gasteiger partial charge in [0.05, 0.1) is 13.2 Å². The molecule has 0 atom stereocenters. The summed E-state index contributed by atoms with van der Waals surface area (Å²) in [6.45, 7) is -0.781. The number of aliphatic hydroxyl groups excluding tert-OH is 1. The van der Waals surface area contributed by atoms with Gasteiger partial charge in [-0.05, 0) is 6.07 Å². The third-order valence-electron chi connectivity index (χ3n) is 2.48. The molecule has 0 fully saturated rings. The molecule has 2 rings (SSSR count). The molecule has 0 bridgehead atoms. The zero-order valence-electron chi connectivity index (χ0n) is 9.22.